The first-order valence-corrected chi connectivity index (χ1v) is 22.0. The number of aliphatic hydroxyl groups is 1. The average Bonchev–Trinajstić information content (AvgIpc) is 3.60. The third kappa shape index (κ3) is 6.51. The van der Waals surface area contributed by atoms with Gasteiger partial charge < -0.3 is 35.0 Å². The van der Waals surface area contributed by atoms with Gasteiger partial charge in [-0.05, 0) is 72.8 Å². The maximum atomic E-state index is 15.0. The van der Waals surface area contributed by atoms with Gasteiger partial charge in [-0.3, -0.25) is 14.4 Å². The highest BCUT2D eigenvalue weighted by molar-refractivity contribution is 6.91. The van der Waals surface area contributed by atoms with E-state index in [4.69, 9.17) is 9.47 Å². The van der Waals surface area contributed by atoms with Gasteiger partial charge in [0, 0.05) is 36.8 Å². The Morgan fingerprint density at radius 3 is 2.57 bits per heavy atom. The van der Waals surface area contributed by atoms with Gasteiger partial charge in [0.1, 0.15) is 5.75 Å². The lowest BCUT2D eigenvalue weighted by atomic mass is 9.82. The summed E-state index contributed by atoms with van der Waals surface area (Å²) in [5, 5.41) is 18.1. The van der Waals surface area contributed by atoms with Crippen LogP contribution in [0.4, 0.5) is 11.4 Å². The van der Waals surface area contributed by atoms with Crippen molar-refractivity contribution in [1.82, 2.24) is 10.2 Å². The molecule has 3 aromatic carbocycles. The zero-order chi connectivity index (χ0) is 37.5. The molecule has 1 unspecified atom stereocenters. The molecule has 3 aromatic rings. The average molecular weight is 737 g/mol. The second-order valence-corrected chi connectivity index (χ2v) is 20.3. The van der Waals surface area contributed by atoms with Crippen LogP contribution in [0.3, 0.4) is 0 Å². The van der Waals surface area contributed by atoms with Gasteiger partial charge in [-0.2, -0.15) is 0 Å². The van der Waals surface area contributed by atoms with E-state index in [1.165, 1.54) is 5.19 Å². The van der Waals surface area contributed by atoms with Crippen molar-refractivity contribution < 1.29 is 29.0 Å². The van der Waals surface area contributed by atoms with Crippen LogP contribution in [-0.2, 0) is 37.7 Å². The van der Waals surface area contributed by atoms with E-state index in [1.54, 1.807) is 23.0 Å². The van der Waals surface area contributed by atoms with Crippen LogP contribution in [0, 0.1) is 11.8 Å². The molecule has 280 valence electrons. The van der Waals surface area contributed by atoms with Gasteiger partial charge in [-0.1, -0.05) is 67.7 Å². The van der Waals surface area contributed by atoms with Crippen LogP contribution in [0.25, 0.3) is 0 Å². The first-order valence-electron chi connectivity index (χ1n) is 18.9. The Kier molecular flexibility index (Phi) is 10.4. The van der Waals surface area contributed by atoms with E-state index in [1.807, 2.05) is 48.5 Å². The minimum absolute atomic E-state index is 0.0465. The second-order valence-electron chi connectivity index (χ2n) is 15.7. The molecule has 2 fully saturated rings. The number of rotatable bonds is 10. The Hall–Kier alpha value is -4.29. The first kappa shape index (κ1) is 37.0. The van der Waals surface area contributed by atoms with Crippen molar-refractivity contribution in [2.75, 3.05) is 43.6 Å². The fraction of sp³-hybridized carbons (Fsp3) is 0.452. The van der Waals surface area contributed by atoms with Crippen molar-refractivity contribution >= 4 is 42.4 Å². The Morgan fingerprint density at radius 1 is 1.13 bits per heavy atom. The number of ether oxygens (including phenoxy) is 2. The summed E-state index contributed by atoms with van der Waals surface area (Å²) < 4.78 is 12.7. The largest absolute Gasteiger partial charge is 0.497 e. The summed E-state index contributed by atoms with van der Waals surface area (Å²) in [5.74, 6) is -0.0276. The number of piperidine rings is 1. The SMILES string of the molecule is C=CCN1C(=O)[C@]2(O[C@H](CC(=O)N3Cc4ccccc4C[C@H]3CO)[C@@H]([Si](C)(C)c3ccc(OC)cc3)[C@@H]2C)c2cc(NC(=O)C3CCCNC3)ccc21. The highest BCUT2D eigenvalue weighted by Crippen LogP contribution is 2.60. The lowest BCUT2D eigenvalue weighted by Crippen LogP contribution is -2.52. The number of benzene rings is 3. The summed E-state index contributed by atoms with van der Waals surface area (Å²) in [6, 6.07) is 21.5. The number of aliphatic hydroxyl groups excluding tert-OH is 1. The predicted molar refractivity (Wildman–Crippen MR) is 209 cm³/mol. The van der Waals surface area contributed by atoms with E-state index in [9.17, 15) is 19.5 Å². The molecule has 10 nitrogen and oxygen atoms in total. The highest BCUT2D eigenvalue weighted by atomic mass is 28.3. The third-order valence-electron chi connectivity index (χ3n) is 12.3. The molecule has 4 heterocycles. The van der Waals surface area contributed by atoms with Gasteiger partial charge in [-0.25, -0.2) is 0 Å². The summed E-state index contributed by atoms with van der Waals surface area (Å²) >= 11 is 0. The second kappa shape index (κ2) is 14.9. The molecule has 1 spiro atoms. The van der Waals surface area contributed by atoms with Crippen molar-refractivity contribution in [2.45, 2.75) is 75.5 Å². The number of fused-ring (bicyclic) bond motifs is 3. The minimum atomic E-state index is -2.52. The molecule has 6 atom stereocenters. The van der Waals surface area contributed by atoms with Crippen LogP contribution in [0.15, 0.2) is 79.4 Å². The van der Waals surface area contributed by atoms with Crippen molar-refractivity contribution in [3.63, 3.8) is 0 Å². The molecule has 3 N–H and O–H groups in total. The van der Waals surface area contributed by atoms with E-state index in [-0.39, 0.29) is 54.2 Å². The molecule has 4 aliphatic rings. The maximum Gasteiger partial charge on any atom is 0.264 e. The van der Waals surface area contributed by atoms with Crippen LogP contribution >= 0.6 is 0 Å². The molecule has 7 rings (SSSR count). The molecule has 0 saturated carbocycles. The molecule has 0 radical (unpaired) electrons. The Bertz CT molecular complexity index is 1880. The van der Waals surface area contributed by atoms with Crippen LogP contribution in [0.1, 0.15) is 42.9 Å². The summed E-state index contributed by atoms with van der Waals surface area (Å²) in [7, 11) is -0.875. The number of methoxy groups -OCH3 is 1. The van der Waals surface area contributed by atoms with Crippen LogP contribution < -0.4 is 25.5 Å². The molecule has 2 saturated heterocycles. The molecule has 0 aliphatic carbocycles. The van der Waals surface area contributed by atoms with Crippen LogP contribution in [0.5, 0.6) is 5.75 Å². The van der Waals surface area contributed by atoms with Gasteiger partial charge in [0.2, 0.25) is 11.8 Å². The van der Waals surface area contributed by atoms with Gasteiger partial charge in [-0.15, -0.1) is 6.58 Å². The molecule has 53 heavy (non-hydrogen) atoms. The number of hydrogen-bond donors (Lipinski definition) is 3. The number of amides is 3. The minimum Gasteiger partial charge on any atom is -0.497 e. The Labute approximate surface area is 313 Å². The van der Waals surface area contributed by atoms with E-state index in [0.717, 1.165) is 42.0 Å². The number of nitrogens with one attached hydrogen (secondary N) is 2. The highest BCUT2D eigenvalue weighted by Gasteiger charge is 2.66. The fourth-order valence-electron chi connectivity index (χ4n) is 9.55. The number of carbonyl (C=O) groups excluding carboxylic acids is 3. The van der Waals surface area contributed by atoms with Crippen LogP contribution in [-0.4, -0.2) is 81.3 Å². The maximum absolute atomic E-state index is 15.0. The van der Waals surface area contributed by atoms with E-state index in [0.29, 0.717) is 37.3 Å². The number of nitrogens with zero attached hydrogens (tertiary/aromatic N) is 2. The topological polar surface area (TPSA) is 120 Å². The molecule has 3 amide bonds. The quantitative estimate of drug-likeness (QED) is 0.204. The Morgan fingerprint density at radius 2 is 1.89 bits per heavy atom. The van der Waals surface area contributed by atoms with Gasteiger partial charge >= 0.3 is 0 Å². The van der Waals surface area contributed by atoms with Gasteiger partial charge in [0.25, 0.3) is 5.91 Å². The molecule has 0 aromatic heterocycles. The van der Waals surface area contributed by atoms with Crippen LogP contribution in [0.2, 0.25) is 18.6 Å². The zero-order valence-corrected chi connectivity index (χ0v) is 32.3. The summed E-state index contributed by atoms with van der Waals surface area (Å²) in [6.07, 6.45) is 3.53. The lowest BCUT2D eigenvalue weighted by molar-refractivity contribution is -0.150. The predicted octanol–water partition coefficient (Wildman–Crippen LogP) is 4.72. The summed E-state index contributed by atoms with van der Waals surface area (Å²) in [5.41, 5.74) is 2.72. The van der Waals surface area contributed by atoms with Crippen molar-refractivity contribution in [3.8, 4) is 5.75 Å². The van der Waals surface area contributed by atoms with Crippen molar-refractivity contribution in [2.24, 2.45) is 11.8 Å². The third-order valence-corrected chi connectivity index (χ3v) is 16.7. The standard InChI is InChI=1S/C42H52N4O6Si/c1-6-20-45-36-18-13-31(44-40(49)29-12-9-19-43-24-29)22-35(36)42(41(45)50)27(2)39(53(4,5)34-16-14-33(51-3)15-17-34)37(52-42)23-38(48)46-25-30-11-8-7-10-28(30)21-32(46)26-47/h6-8,10-11,13-18,22,27,29,32,37,39,43,47H,1,9,12,19-21,23-26H2,2-5H3,(H,44,49)/t27-,29?,32-,37+,39-,42+/m0/s1. The van der Waals surface area contributed by atoms with E-state index in [2.05, 4.69) is 55.4 Å². The van der Waals surface area contributed by atoms with E-state index < -0.39 is 19.8 Å². The fourth-order valence-corrected chi connectivity index (χ4v) is 13.6. The lowest BCUT2D eigenvalue weighted by Gasteiger charge is -2.39. The molecular formula is C42H52N4O6Si. The zero-order valence-electron chi connectivity index (χ0n) is 31.3. The smallest absolute Gasteiger partial charge is 0.264 e. The first-order chi connectivity index (χ1) is 25.5. The van der Waals surface area contributed by atoms with Gasteiger partial charge in [0.15, 0.2) is 5.60 Å². The normalized spacial score (nSPS) is 26.7. The number of anilines is 2. The number of hydrogen-bond acceptors (Lipinski definition) is 7. The number of carbonyl (C=O) groups is 3. The molecule has 4 aliphatic heterocycles. The van der Waals surface area contributed by atoms with E-state index >= 15 is 0 Å². The molecular weight excluding hydrogens is 685 g/mol. The molecule has 0 bridgehead atoms. The van der Waals surface area contributed by atoms with Gasteiger partial charge in [0.05, 0.1) is 52.0 Å². The summed E-state index contributed by atoms with van der Waals surface area (Å²) in [4.78, 5) is 46.4. The Balaban J connectivity index is 1.29. The monoisotopic (exact) mass is 736 g/mol. The van der Waals surface area contributed by atoms with Crippen molar-refractivity contribution in [1.29, 1.82) is 0 Å². The molecule has 11 heteroatoms. The summed E-state index contributed by atoms with van der Waals surface area (Å²) in [6.45, 7) is 12.7. The van der Waals surface area contributed by atoms with Crippen molar-refractivity contribution in [3.05, 3.63) is 96.1 Å².